The molecule has 2 aromatic rings. The lowest BCUT2D eigenvalue weighted by molar-refractivity contribution is -0.118. The van der Waals surface area contributed by atoms with Gasteiger partial charge in [0.15, 0.2) is 0 Å². The van der Waals surface area contributed by atoms with Gasteiger partial charge in [-0.1, -0.05) is 18.7 Å². The summed E-state index contributed by atoms with van der Waals surface area (Å²) in [6, 6.07) is 6.43. The Morgan fingerprint density at radius 2 is 2.20 bits per heavy atom. The van der Waals surface area contributed by atoms with Crippen LogP contribution in [-0.4, -0.2) is 31.5 Å². The van der Waals surface area contributed by atoms with Crippen LogP contribution in [0.15, 0.2) is 52.7 Å². The predicted molar refractivity (Wildman–Crippen MR) is 95.2 cm³/mol. The first-order chi connectivity index (χ1) is 12.0. The minimum absolute atomic E-state index is 0.192. The zero-order valence-electron chi connectivity index (χ0n) is 13.3. The number of nitrogens with one attached hydrogen (secondary N) is 2. The number of anilines is 1. The number of sulfonamides is 1. The van der Waals surface area contributed by atoms with E-state index < -0.39 is 21.5 Å². The molecule has 1 aliphatic rings. The summed E-state index contributed by atoms with van der Waals surface area (Å²) in [6.45, 7) is 3.89. The molecule has 25 heavy (non-hydrogen) atoms. The van der Waals surface area contributed by atoms with E-state index >= 15 is 0 Å². The van der Waals surface area contributed by atoms with Crippen molar-refractivity contribution in [3.63, 3.8) is 0 Å². The highest BCUT2D eigenvalue weighted by Crippen LogP contribution is 2.38. The van der Waals surface area contributed by atoms with E-state index in [2.05, 4.69) is 21.6 Å². The fraction of sp³-hybridized carbons (Fsp3) is 0.250. The minimum atomic E-state index is -3.70. The summed E-state index contributed by atoms with van der Waals surface area (Å²) in [6.07, 6.45) is 3.98. The third kappa shape index (κ3) is 4.06. The second-order valence-electron chi connectivity index (χ2n) is 5.56. The highest BCUT2D eigenvalue weighted by Gasteiger charge is 2.53. The van der Waals surface area contributed by atoms with Crippen LogP contribution in [0.1, 0.15) is 12.8 Å². The zero-order chi connectivity index (χ0) is 17.9. The molecule has 0 bridgehead atoms. The summed E-state index contributed by atoms with van der Waals surface area (Å²) < 4.78 is 32.6. The quantitative estimate of drug-likeness (QED) is 0.685. The van der Waals surface area contributed by atoms with Gasteiger partial charge in [0.1, 0.15) is 16.4 Å². The summed E-state index contributed by atoms with van der Waals surface area (Å²) in [5, 5.41) is 4.37. The number of nitrogens with zero attached hydrogens (tertiary/aromatic N) is 1. The van der Waals surface area contributed by atoms with Crippen LogP contribution in [0.5, 0.6) is 5.88 Å². The van der Waals surface area contributed by atoms with Gasteiger partial charge in [0.05, 0.1) is 11.9 Å². The molecular weight excluding hydrogens is 362 g/mol. The smallest absolute Gasteiger partial charge is 0.251 e. The molecule has 0 aromatic carbocycles. The molecule has 1 amide bonds. The van der Waals surface area contributed by atoms with Gasteiger partial charge in [-0.05, 0) is 30.4 Å². The Morgan fingerprint density at radius 3 is 2.76 bits per heavy atom. The average molecular weight is 379 g/mol. The number of carbonyl (C=O) groups is 1. The van der Waals surface area contributed by atoms with Crippen LogP contribution in [0.25, 0.3) is 0 Å². The van der Waals surface area contributed by atoms with Crippen LogP contribution < -0.4 is 14.8 Å². The van der Waals surface area contributed by atoms with Gasteiger partial charge in [-0.15, -0.1) is 11.3 Å². The predicted octanol–water partition coefficient (Wildman–Crippen LogP) is 2.16. The maximum atomic E-state index is 12.5. The van der Waals surface area contributed by atoms with Gasteiger partial charge in [-0.2, -0.15) is 4.72 Å². The zero-order valence-corrected chi connectivity index (χ0v) is 14.9. The second kappa shape index (κ2) is 6.95. The molecule has 0 unspecified atom stereocenters. The Labute approximate surface area is 149 Å². The molecule has 2 heterocycles. The lowest BCUT2D eigenvalue weighted by Gasteiger charge is -2.16. The molecule has 0 radical (unpaired) electrons. The number of rotatable bonds is 8. The van der Waals surface area contributed by atoms with Crippen molar-refractivity contribution >= 4 is 33.0 Å². The van der Waals surface area contributed by atoms with Crippen LogP contribution in [0.2, 0.25) is 0 Å². The summed E-state index contributed by atoms with van der Waals surface area (Å²) in [4.78, 5) is 16.6. The van der Waals surface area contributed by atoms with Crippen molar-refractivity contribution in [2.24, 2.45) is 0 Å². The largest absolute Gasteiger partial charge is 0.473 e. The number of hydrogen-bond donors (Lipinski definition) is 2. The molecule has 0 aliphatic heterocycles. The fourth-order valence-corrected chi connectivity index (χ4v) is 4.58. The highest BCUT2D eigenvalue weighted by molar-refractivity contribution is 7.91. The van der Waals surface area contributed by atoms with Crippen molar-refractivity contribution in [3.05, 3.63) is 48.5 Å². The molecule has 7 nitrogen and oxygen atoms in total. The molecule has 2 N–H and O–H groups in total. The second-order valence-corrected chi connectivity index (χ2v) is 8.42. The van der Waals surface area contributed by atoms with E-state index in [4.69, 9.17) is 4.74 Å². The van der Waals surface area contributed by atoms with Crippen LogP contribution >= 0.6 is 11.3 Å². The van der Waals surface area contributed by atoms with Crippen molar-refractivity contribution in [2.75, 3.05) is 11.9 Å². The summed E-state index contributed by atoms with van der Waals surface area (Å²) in [7, 11) is -3.70. The van der Waals surface area contributed by atoms with E-state index in [9.17, 15) is 13.2 Å². The summed E-state index contributed by atoms with van der Waals surface area (Å²) in [5.74, 6) is 0.0200. The van der Waals surface area contributed by atoms with E-state index in [1.807, 2.05) is 0 Å². The Balaban J connectivity index is 1.65. The maximum absolute atomic E-state index is 12.5. The molecule has 1 aliphatic carbocycles. The Morgan fingerprint density at radius 1 is 1.40 bits per heavy atom. The minimum Gasteiger partial charge on any atom is -0.473 e. The van der Waals surface area contributed by atoms with Crippen molar-refractivity contribution < 1.29 is 17.9 Å². The first-order valence-corrected chi connectivity index (χ1v) is 9.90. The lowest BCUT2D eigenvalue weighted by atomic mass is 10.2. The monoisotopic (exact) mass is 379 g/mol. The number of ether oxygens (including phenoxy) is 1. The Bertz CT molecular complexity index is 857. The normalized spacial score (nSPS) is 15.4. The van der Waals surface area contributed by atoms with E-state index in [1.165, 1.54) is 12.3 Å². The van der Waals surface area contributed by atoms with Gasteiger partial charge in [-0.3, -0.25) is 4.79 Å². The molecule has 2 aromatic heterocycles. The van der Waals surface area contributed by atoms with Gasteiger partial charge in [0.25, 0.3) is 10.0 Å². The highest BCUT2D eigenvalue weighted by atomic mass is 32.2. The van der Waals surface area contributed by atoms with Crippen LogP contribution in [0, 0.1) is 0 Å². The van der Waals surface area contributed by atoms with Crippen molar-refractivity contribution in [1.29, 1.82) is 0 Å². The summed E-state index contributed by atoms with van der Waals surface area (Å²) in [5.41, 5.74) is -0.626. The molecular formula is C16H17N3O4S2. The van der Waals surface area contributed by atoms with Crippen molar-refractivity contribution in [3.8, 4) is 5.88 Å². The third-order valence-corrected chi connectivity index (χ3v) is 6.55. The molecule has 0 saturated heterocycles. The molecule has 9 heteroatoms. The van der Waals surface area contributed by atoms with E-state index in [1.54, 1.807) is 29.7 Å². The summed E-state index contributed by atoms with van der Waals surface area (Å²) >= 11 is 1.11. The van der Waals surface area contributed by atoms with Gasteiger partial charge in [0, 0.05) is 6.07 Å². The van der Waals surface area contributed by atoms with Gasteiger partial charge < -0.3 is 10.1 Å². The Kier molecular flexibility index (Phi) is 4.89. The van der Waals surface area contributed by atoms with E-state index in [0.717, 1.165) is 11.3 Å². The molecule has 132 valence electrons. The number of hydrogen-bond acceptors (Lipinski definition) is 6. The fourth-order valence-electron chi connectivity index (χ4n) is 2.16. The number of carbonyl (C=O) groups excluding carboxylic acids is 1. The number of amides is 1. The lowest BCUT2D eigenvalue weighted by Crippen LogP contribution is -2.45. The topological polar surface area (TPSA) is 97.4 Å². The third-order valence-electron chi connectivity index (χ3n) is 3.62. The van der Waals surface area contributed by atoms with Crippen LogP contribution in [0.4, 0.5) is 5.69 Å². The first-order valence-electron chi connectivity index (χ1n) is 7.54. The molecule has 0 spiro atoms. The number of pyridine rings is 1. The van der Waals surface area contributed by atoms with Gasteiger partial charge in [-0.25, -0.2) is 13.4 Å². The van der Waals surface area contributed by atoms with Gasteiger partial charge in [0.2, 0.25) is 11.8 Å². The number of thiophene rings is 1. The Hall–Kier alpha value is -2.23. The van der Waals surface area contributed by atoms with E-state index in [0.29, 0.717) is 31.0 Å². The SMILES string of the molecule is C=CCOc1ccc(NC(=O)C2(NS(=O)(=O)c3cccs3)CC2)cn1. The molecule has 1 fully saturated rings. The van der Waals surface area contributed by atoms with Crippen LogP contribution in [0.3, 0.4) is 0 Å². The number of aromatic nitrogens is 1. The molecule has 0 atom stereocenters. The first kappa shape index (κ1) is 17.6. The molecule has 3 rings (SSSR count). The van der Waals surface area contributed by atoms with Gasteiger partial charge >= 0.3 is 0 Å². The van der Waals surface area contributed by atoms with Crippen molar-refractivity contribution in [2.45, 2.75) is 22.6 Å². The van der Waals surface area contributed by atoms with Crippen molar-refractivity contribution in [1.82, 2.24) is 9.71 Å². The maximum Gasteiger partial charge on any atom is 0.251 e. The van der Waals surface area contributed by atoms with E-state index in [-0.39, 0.29) is 4.21 Å². The average Bonchev–Trinajstić information content (AvgIpc) is 3.13. The van der Waals surface area contributed by atoms with Crippen LogP contribution in [-0.2, 0) is 14.8 Å². The standard InChI is InChI=1S/C16H17N3O4S2/c1-2-9-23-13-6-5-12(11-17-13)18-15(20)16(7-8-16)19-25(21,22)14-4-3-10-24-14/h2-6,10-11,19H,1,7-9H2,(H,18,20). The molecule has 1 saturated carbocycles.